The summed E-state index contributed by atoms with van der Waals surface area (Å²) < 4.78 is 13.1. The quantitative estimate of drug-likeness (QED) is 0.286. The number of aromatic nitrogens is 2. The number of rotatable bonds is 8. The first kappa shape index (κ1) is 22.8. The second-order valence-corrected chi connectivity index (χ2v) is 7.95. The van der Waals surface area contributed by atoms with E-state index >= 15 is 0 Å². The Balaban J connectivity index is 1.39. The average molecular weight is 460 g/mol. The summed E-state index contributed by atoms with van der Waals surface area (Å²) in [6.45, 7) is 6.49. The molecule has 2 aromatic heterocycles. The lowest BCUT2D eigenvalue weighted by Gasteiger charge is -2.07. The number of non-ortho nitro benzene ring substituents is 1. The number of ether oxygens (including phenoxy) is 1. The van der Waals surface area contributed by atoms with Crippen molar-refractivity contribution in [2.45, 2.75) is 33.9 Å². The van der Waals surface area contributed by atoms with Gasteiger partial charge in [-0.05, 0) is 50.6 Å². The van der Waals surface area contributed by atoms with E-state index in [1.807, 2.05) is 25.5 Å². The fourth-order valence-corrected chi connectivity index (χ4v) is 3.47. The van der Waals surface area contributed by atoms with Crippen molar-refractivity contribution in [1.82, 2.24) is 9.78 Å². The standard InChI is InChI=1S/C25H24N4O5/c1-16-4-6-19(7-5-16)14-28-18(3)24(17(2)27-28)26-25(30)23-13-12-22(34-23)15-33-21-10-8-20(9-11-21)29(31)32/h4-13H,14-15H2,1-3H3,(H,26,30). The van der Waals surface area contributed by atoms with Crippen molar-refractivity contribution in [3.05, 3.63) is 105 Å². The van der Waals surface area contributed by atoms with E-state index in [2.05, 4.69) is 34.7 Å². The number of carbonyl (C=O) groups excluding carboxylic acids is 1. The molecule has 0 aliphatic heterocycles. The number of nitrogens with one attached hydrogen (secondary N) is 1. The molecule has 2 heterocycles. The van der Waals surface area contributed by atoms with Crippen molar-refractivity contribution < 1.29 is 18.9 Å². The molecule has 0 aliphatic carbocycles. The van der Waals surface area contributed by atoms with E-state index in [4.69, 9.17) is 9.15 Å². The summed E-state index contributed by atoms with van der Waals surface area (Å²) in [4.78, 5) is 23.0. The lowest BCUT2D eigenvalue weighted by Crippen LogP contribution is -2.12. The van der Waals surface area contributed by atoms with Gasteiger partial charge in [0.2, 0.25) is 0 Å². The predicted molar refractivity (Wildman–Crippen MR) is 126 cm³/mol. The van der Waals surface area contributed by atoms with E-state index in [0.717, 1.165) is 11.3 Å². The van der Waals surface area contributed by atoms with Crippen LogP contribution >= 0.6 is 0 Å². The largest absolute Gasteiger partial charge is 0.486 e. The van der Waals surface area contributed by atoms with Crippen molar-refractivity contribution in [3.8, 4) is 5.75 Å². The molecule has 0 fully saturated rings. The van der Waals surface area contributed by atoms with E-state index in [0.29, 0.717) is 29.4 Å². The van der Waals surface area contributed by atoms with Crippen LogP contribution in [0.4, 0.5) is 11.4 Å². The molecule has 174 valence electrons. The normalized spacial score (nSPS) is 10.8. The van der Waals surface area contributed by atoms with Gasteiger partial charge in [0.05, 0.1) is 28.5 Å². The fraction of sp³-hybridized carbons (Fsp3) is 0.200. The van der Waals surface area contributed by atoms with Gasteiger partial charge in [0.15, 0.2) is 5.76 Å². The Morgan fingerprint density at radius 2 is 1.76 bits per heavy atom. The molecule has 0 saturated heterocycles. The summed E-state index contributed by atoms with van der Waals surface area (Å²) in [6, 6.07) is 17.2. The minimum atomic E-state index is -0.475. The van der Waals surface area contributed by atoms with Crippen molar-refractivity contribution in [1.29, 1.82) is 0 Å². The number of nitro groups is 1. The van der Waals surface area contributed by atoms with Crippen LogP contribution in [-0.2, 0) is 13.2 Å². The van der Waals surface area contributed by atoms with Crippen LogP contribution in [0, 0.1) is 30.9 Å². The third-order valence-corrected chi connectivity index (χ3v) is 5.39. The zero-order valence-corrected chi connectivity index (χ0v) is 19.1. The molecule has 0 spiro atoms. The van der Waals surface area contributed by atoms with Gasteiger partial charge >= 0.3 is 0 Å². The molecule has 0 aliphatic rings. The number of carbonyl (C=O) groups is 1. The third-order valence-electron chi connectivity index (χ3n) is 5.39. The Hall–Kier alpha value is -4.40. The highest BCUT2D eigenvalue weighted by molar-refractivity contribution is 6.02. The topological polar surface area (TPSA) is 112 Å². The summed E-state index contributed by atoms with van der Waals surface area (Å²) in [6.07, 6.45) is 0. The first-order valence-corrected chi connectivity index (χ1v) is 10.7. The minimum absolute atomic E-state index is 0.0166. The maximum absolute atomic E-state index is 12.8. The maximum atomic E-state index is 12.8. The number of benzene rings is 2. The number of furan rings is 1. The molecular formula is C25H24N4O5. The van der Waals surface area contributed by atoms with E-state index in [1.165, 1.54) is 29.8 Å². The molecule has 34 heavy (non-hydrogen) atoms. The maximum Gasteiger partial charge on any atom is 0.291 e. The smallest absolute Gasteiger partial charge is 0.291 e. The molecule has 0 unspecified atom stereocenters. The highest BCUT2D eigenvalue weighted by atomic mass is 16.6. The molecule has 9 nitrogen and oxygen atoms in total. The highest BCUT2D eigenvalue weighted by Crippen LogP contribution is 2.23. The molecule has 0 saturated carbocycles. The van der Waals surface area contributed by atoms with Crippen LogP contribution in [0.3, 0.4) is 0 Å². The van der Waals surface area contributed by atoms with Gasteiger partial charge in [-0.25, -0.2) is 0 Å². The molecule has 4 aromatic rings. The van der Waals surface area contributed by atoms with Gasteiger partial charge in [-0.3, -0.25) is 19.6 Å². The first-order chi connectivity index (χ1) is 16.3. The summed E-state index contributed by atoms with van der Waals surface area (Å²) in [5.41, 5.74) is 4.51. The zero-order valence-electron chi connectivity index (χ0n) is 19.1. The molecule has 0 atom stereocenters. The first-order valence-electron chi connectivity index (χ1n) is 10.7. The van der Waals surface area contributed by atoms with Crippen LogP contribution in [-0.4, -0.2) is 20.6 Å². The molecule has 0 radical (unpaired) electrons. The van der Waals surface area contributed by atoms with Crippen LogP contribution < -0.4 is 10.1 Å². The zero-order chi connectivity index (χ0) is 24.2. The van der Waals surface area contributed by atoms with Gasteiger partial charge in [-0.15, -0.1) is 0 Å². The summed E-state index contributed by atoms with van der Waals surface area (Å²) in [5.74, 6) is 0.669. The van der Waals surface area contributed by atoms with Gasteiger partial charge in [0.1, 0.15) is 18.1 Å². The van der Waals surface area contributed by atoms with Crippen LogP contribution in [0.1, 0.15) is 38.8 Å². The Labute approximate surface area is 196 Å². The van der Waals surface area contributed by atoms with Gasteiger partial charge < -0.3 is 14.5 Å². The van der Waals surface area contributed by atoms with E-state index in [1.54, 1.807) is 12.1 Å². The number of anilines is 1. The van der Waals surface area contributed by atoms with Gasteiger partial charge in [0.25, 0.3) is 11.6 Å². The van der Waals surface area contributed by atoms with E-state index < -0.39 is 4.92 Å². The molecule has 1 N–H and O–H groups in total. The number of amides is 1. The second-order valence-electron chi connectivity index (χ2n) is 7.95. The van der Waals surface area contributed by atoms with Gasteiger partial charge in [0, 0.05) is 12.1 Å². The van der Waals surface area contributed by atoms with Gasteiger partial charge in [-0.2, -0.15) is 5.10 Å². The molecular weight excluding hydrogens is 436 g/mol. The Morgan fingerprint density at radius 1 is 1.06 bits per heavy atom. The minimum Gasteiger partial charge on any atom is -0.486 e. The SMILES string of the molecule is Cc1ccc(Cn2nc(C)c(NC(=O)c3ccc(COc4ccc([N+](=O)[O-])cc4)o3)c2C)cc1. The lowest BCUT2D eigenvalue weighted by molar-refractivity contribution is -0.384. The third kappa shape index (κ3) is 5.15. The average Bonchev–Trinajstić information content (AvgIpc) is 3.40. The van der Waals surface area contributed by atoms with Crippen molar-refractivity contribution in [2.75, 3.05) is 5.32 Å². The van der Waals surface area contributed by atoms with Crippen LogP contribution in [0.15, 0.2) is 65.1 Å². The predicted octanol–water partition coefficient (Wildman–Crippen LogP) is 5.19. The Bertz CT molecular complexity index is 1320. The highest BCUT2D eigenvalue weighted by Gasteiger charge is 2.18. The molecule has 2 aromatic carbocycles. The van der Waals surface area contributed by atoms with Crippen molar-refractivity contribution in [3.63, 3.8) is 0 Å². The molecule has 1 amide bonds. The molecule has 4 rings (SSSR count). The number of nitrogens with zero attached hydrogens (tertiary/aromatic N) is 3. The Morgan fingerprint density at radius 3 is 2.44 bits per heavy atom. The summed E-state index contributed by atoms with van der Waals surface area (Å²) >= 11 is 0. The van der Waals surface area contributed by atoms with Crippen LogP contribution in [0.25, 0.3) is 0 Å². The van der Waals surface area contributed by atoms with E-state index in [-0.39, 0.29) is 24.0 Å². The number of hydrogen-bond acceptors (Lipinski definition) is 6. The number of hydrogen-bond donors (Lipinski definition) is 1. The van der Waals surface area contributed by atoms with Crippen LogP contribution in [0.5, 0.6) is 5.75 Å². The number of aryl methyl sites for hydroxylation is 2. The Kier molecular flexibility index (Phi) is 6.44. The van der Waals surface area contributed by atoms with Crippen molar-refractivity contribution in [2.24, 2.45) is 0 Å². The molecule has 9 heteroatoms. The van der Waals surface area contributed by atoms with E-state index in [9.17, 15) is 14.9 Å². The molecule has 0 bridgehead atoms. The van der Waals surface area contributed by atoms with Crippen molar-refractivity contribution >= 4 is 17.3 Å². The lowest BCUT2D eigenvalue weighted by atomic mass is 10.1. The summed E-state index contributed by atoms with van der Waals surface area (Å²) in [7, 11) is 0. The van der Waals surface area contributed by atoms with Crippen LogP contribution in [0.2, 0.25) is 0 Å². The second kappa shape index (κ2) is 9.62. The fourth-order valence-electron chi connectivity index (χ4n) is 3.47. The summed E-state index contributed by atoms with van der Waals surface area (Å²) in [5, 5.41) is 18.2. The van der Waals surface area contributed by atoms with Gasteiger partial charge in [-0.1, -0.05) is 29.8 Å². The number of nitro benzene ring substituents is 1. The monoisotopic (exact) mass is 460 g/mol.